The molecule has 1 aromatic heterocycles. The van der Waals surface area contributed by atoms with Crippen LogP contribution in [0, 0.1) is 17.1 Å². The van der Waals surface area contributed by atoms with Crippen LogP contribution in [0.1, 0.15) is 55.8 Å². The van der Waals surface area contributed by atoms with Crippen LogP contribution in [-0.4, -0.2) is 88.6 Å². The second-order valence-corrected chi connectivity index (χ2v) is 15.4. The Bertz CT molecular complexity index is 2560. The number of nitrogens with one attached hydrogen (secondary N) is 2. The van der Waals surface area contributed by atoms with Gasteiger partial charge in [-0.3, -0.25) is 44.2 Å². The summed E-state index contributed by atoms with van der Waals surface area (Å²) in [5, 5.41) is 15.4. The van der Waals surface area contributed by atoms with E-state index in [-0.39, 0.29) is 43.0 Å². The lowest BCUT2D eigenvalue weighted by Crippen LogP contribution is -2.54. The molecule has 1 unspecified atom stereocenters. The number of imide groups is 2. The number of nitrogens with zero attached hydrogens (tertiary/aromatic N) is 5. The van der Waals surface area contributed by atoms with Crippen LogP contribution < -0.4 is 20.1 Å². The minimum absolute atomic E-state index is 0.0585. The summed E-state index contributed by atoms with van der Waals surface area (Å²) in [6.07, 6.45) is 3.32. The summed E-state index contributed by atoms with van der Waals surface area (Å²) in [6, 6.07) is 25.5. The number of ether oxygens (including phenoxy) is 2. The standard InChI is InChI=1S/C46H41ClFN7O6/c47-43-32(5-3-7-35(43)34-6-1-2-9-37(34)48)28-60-33-12-11-31(40(22-33)61-27-30-21-29(23-49)24-50-25-30)26-54-19-17-53(18-20-54)16-15-51-38-10-4-8-36-42(38)46(59)55(45(36)58)39-13-14-41(56)52-44(39)57/h1-12,21-22,24-25,39,51H,13-20,26-28H2,(H,52,56,57). The molecular weight excluding hydrogens is 801 g/mol. The van der Waals surface area contributed by atoms with E-state index in [4.69, 9.17) is 21.1 Å². The number of piperazine rings is 1. The van der Waals surface area contributed by atoms with Crippen molar-refractivity contribution in [2.75, 3.05) is 44.6 Å². The average Bonchev–Trinajstić information content (AvgIpc) is 3.53. The summed E-state index contributed by atoms with van der Waals surface area (Å²) < 4.78 is 27.2. The number of piperidine rings is 1. The van der Waals surface area contributed by atoms with Crippen LogP contribution in [0.25, 0.3) is 11.1 Å². The highest BCUT2D eigenvalue weighted by atomic mass is 35.5. The van der Waals surface area contributed by atoms with Gasteiger partial charge in [-0.15, -0.1) is 0 Å². The third-order valence-electron chi connectivity index (χ3n) is 11.1. The molecule has 0 bridgehead atoms. The minimum Gasteiger partial charge on any atom is -0.489 e. The Labute approximate surface area is 356 Å². The number of anilines is 1. The largest absolute Gasteiger partial charge is 0.489 e. The van der Waals surface area contributed by atoms with E-state index in [0.29, 0.717) is 64.1 Å². The normalized spacial score (nSPS) is 16.9. The van der Waals surface area contributed by atoms with Crippen molar-refractivity contribution in [3.63, 3.8) is 0 Å². The number of fused-ring (bicyclic) bond motifs is 1. The lowest BCUT2D eigenvalue weighted by atomic mass is 10.0. The molecule has 0 radical (unpaired) electrons. The van der Waals surface area contributed by atoms with E-state index >= 15 is 0 Å². The lowest BCUT2D eigenvalue weighted by molar-refractivity contribution is -0.136. The van der Waals surface area contributed by atoms with Gasteiger partial charge in [0.05, 0.1) is 21.7 Å². The van der Waals surface area contributed by atoms with Crippen molar-refractivity contribution in [3.05, 3.63) is 142 Å². The topological polar surface area (TPSA) is 157 Å². The highest BCUT2D eigenvalue weighted by Gasteiger charge is 2.45. The highest BCUT2D eigenvalue weighted by molar-refractivity contribution is 6.34. The molecule has 4 amide bonds. The summed E-state index contributed by atoms with van der Waals surface area (Å²) in [5.41, 5.74) is 4.84. The smallest absolute Gasteiger partial charge is 0.264 e. The Hall–Kier alpha value is -6.66. The number of rotatable bonds is 14. The van der Waals surface area contributed by atoms with Gasteiger partial charge >= 0.3 is 0 Å². The molecule has 13 nitrogen and oxygen atoms in total. The molecule has 1 atom stereocenters. The number of amides is 4. The molecule has 0 saturated carbocycles. The van der Waals surface area contributed by atoms with Crippen LogP contribution in [0.5, 0.6) is 11.5 Å². The predicted molar refractivity (Wildman–Crippen MR) is 224 cm³/mol. The fourth-order valence-corrected chi connectivity index (χ4v) is 8.12. The van der Waals surface area contributed by atoms with Crippen LogP contribution in [0.2, 0.25) is 5.02 Å². The Kier molecular flexibility index (Phi) is 12.3. The summed E-state index contributed by atoms with van der Waals surface area (Å²) >= 11 is 6.77. The van der Waals surface area contributed by atoms with Crippen molar-refractivity contribution in [1.82, 2.24) is 25.0 Å². The fourth-order valence-electron chi connectivity index (χ4n) is 7.84. The van der Waals surface area contributed by atoms with Crippen molar-refractivity contribution in [2.45, 2.75) is 38.6 Å². The molecule has 310 valence electrons. The number of aromatic nitrogens is 1. The summed E-state index contributed by atoms with van der Waals surface area (Å²) in [7, 11) is 0. The maximum atomic E-state index is 14.6. The van der Waals surface area contributed by atoms with Crippen LogP contribution in [0.3, 0.4) is 0 Å². The number of benzene rings is 4. The van der Waals surface area contributed by atoms with Crippen LogP contribution in [0.4, 0.5) is 10.1 Å². The van der Waals surface area contributed by atoms with Crippen molar-refractivity contribution >= 4 is 40.9 Å². The van der Waals surface area contributed by atoms with Gasteiger partial charge in [-0.1, -0.05) is 60.1 Å². The second kappa shape index (κ2) is 18.3. The molecule has 2 fully saturated rings. The van der Waals surface area contributed by atoms with Crippen LogP contribution in [0.15, 0.2) is 97.3 Å². The molecule has 3 aliphatic rings. The van der Waals surface area contributed by atoms with Gasteiger partial charge in [-0.25, -0.2) is 4.39 Å². The van der Waals surface area contributed by atoms with Gasteiger partial charge in [0.1, 0.15) is 42.6 Å². The van der Waals surface area contributed by atoms with Gasteiger partial charge in [0, 0.05) is 104 Å². The van der Waals surface area contributed by atoms with E-state index in [0.717, 1.165) is 42.2 Å². The van der Waals surface area contributed by atoms with E-state index in [9.17, 15) is 28.8 Å². The van der Waals surface area contributed by atoms with Gasteiger partial charge < -0.3 is 14.8 Å². The van der Waals surface area contributed by atoms with Gasteiger partial charge in [0.2, 0.25) is 11.8 Å². The van der Waals surface area contributed by atoms with E-state index in [1.54, 1.807) is 54.7 Å². The van der Waals surface area contributed by atoms with Gasteiger partial charge in [-0.2, -0.15) is 5.26 Å². The lowest BCUT2D eigenvalue weighted by Gasteiger charge is -2.35. The van der Waals surface area contributed by atoms with Crippen LogP contribution >= 0.6 is 11.6 Å². The summed E-state index contributed by atoms with van der Waals surface area (Å²) in [6.45, 7) is 5.34. The Balaban J connectivity index is 0.889. The predicted octanol–water partition coefficient (Wildman–Crippen LogP) is 6.20. The molecule has 0 aliphatic carbocycles. The molecule has 0 spiro atoms. The SMILES string of the molecule is N#Cc1cncc(COc2cc(OCc3cccc(-c4ccccc4F)c3Cl)ccc2CN2CCN(CCNc3cccc4c3C(=O)N(C3CCC(=O)NC3=O)C4=O)CC2)c1. The van der Waals surface area contributed by atoms with Crippen molar-refractivity contribution in [1.29, 1.82) is 5.26 Å². The zero-order valence-corrected chi connectivity index (χ0v) is 33.8. The fraction of sp³-hybridized carbons (Fsp3) is 0.261. The molecule has 2 saturated heterocycles. The van der Waals surface area contributed by atoms with E-state index in [2.05, 4.69) is 31.5 Å². The highest BCUT2D eigenvalue weighted by Crippen LogP contribution is 2.35. The first-order valence-electron chi connectivity index (χ1n) is 19.9. The van der Waals surface area contributed by atoms with Crippen molar-refractivity contribution < 1.29 is 33.0 Å². The average molecular weight is 842 g/mol. The minimum atomic E-state index is -1.02. The Morgan fingerprint density at radius 1 is 0.836 bits per heavy atom. The quantitative estimate of drug-likeness (QED) is 0.123. The maximum absolute atomic E-state index is 14.6. The maximum Gasteiger partial charge on any atom is 0.264 e. The van der Waals surface area contributed by atoms with Crippen molar-refractivity contribution in [2.24, 2.45) is 0 Å². The van der Waals surface area contributed by atoms with E-state index in [1.165, 1.54) is 12.3 Å². The molecule has 61 heavy (non-hydrogen) atoms. The summed E-state index contributed by atoms with van der Waals surface area (Å²) in [4.78, 5) is 60.7. The number of nitriles is 1. The first kappa shape index (κ1) is 41.1. The molecule has 5 aromatic rings. The molecule has 3 aliphatic heterocycles. The molecule has 4 aromatic carbocycles. The second-order valence-electron chi connectivity index (χ2n) is 15.0. The zero-order valence-electron chi connectivity index (χ0n) is 33.0. The third kappa shape index (κ3) is 9.09. The van der Waals surface area contributed by atoms with E-state index < -0.39 is 29.7 Å². The van der Waals surface area contributed by atoms with E-state index in [1.807, 2.05) is 30.3 Å². The van der Waals surface area contributed by atoms with Gasteiger partial charge in [0.15, 0.2) is 0 Å². The number of halogens is 2. The molecular formula is C46H41ClFN7O6. The van der Waals surface area contributed by atoms with Gasteiger partial charge in [-0.05, 0) is 36.8 Å². The third-order valence-corrected chi connectivity index (χ3v) is 11.5. The molecule has 4 heterocycles. The monoisotopic (exact) mass is 841 g/mol. The number of pyridine rings is 1. The first-order valence-corrected chi connectivity index (χ1v) is 20.3. The number of carbonyl (C=O) groups excluding carboxylic acids is 4. The van der Waals surface area contributed by atoms with Crippen LogP contribution in [-0.2, 0) is 29.3 Å². The Morgan fingerprint density at radius 3 is 2.41 bits per heavy atom. The number of carbonyl (C=O) groups is 4. The molecule has 15 heteroatoms. The number of hydrogen-bond acceptors (Lipinski definition) is 11. The first-order chi connectivity index (χ1) is 29.7. The zero-order chi connectivity index (χ0) is 42.5. The molecule has 8 rings (SSSR count). The number of hydrogen-bond donors (Lipinski definition) is 2. The Morgan fingerprint density at radius 2 is 1.61 bits per heavy atom. The summed E-state index contributed by atoms with van der Waals surface area (Å²) in [5.74, 6) is -1.32. The van der Waals surface area contributed by atoms with Gasteiger partial charge in [0.25, 0.3) is 11.8 Å². The van der Waals surface area contributed by atoms with Crippen molar-refractivity contribution in [3.8, 4) is 28.7 Å². The molecule has 2 N–H and O–H groups in total.